The first-order chi connectivity index (χ1) is 12.3. The molecule has 0 bridgehead atoms. The Bertz CT molecular complexity index is 485. The fourth-order valence-corrected chi connectivity index (χ4v) is 3.45. The van der Waals surface area contributed by atoms with E-state index in [1.807, 2.05) is 24.3 Å². The zero-order chi connectivity index (χ0) is 17.7. The molecule has 0 radical (unpaired) electrons. The minimum absolute atomic E-state index is 0.0171. The van der Waals surface area contributed by atoms with Gasteiger partial charge in [0.1, 0.15) is 6.29 Å². The standard InChI is InChI=1S/C22H32O3/c1-2-3-4-5-6-7-8-12-15-22-24-18-21(25-22)20(16-17-23)19-13-10-9-11-14-19/h2,9-11,13-14,17,20-22H,1,3-8,12,15-16,18H2. The summed E-state index contributed by atoms with van der Waals surface area (Å²) in [7, 11) is 0. The molecule has 1 aromatic carbocycles. The van der Waals surface area contributed by atoms with Crippen LogP contribution in [0, 0.1) is 0 Å². The van der Waals surface area contributed by atoms with Gasteiger partial charge in [-0.25, -0.2) is 0 Å². The van der Waals surface area contributed by atoms with Crippen LogP contribution in [-0.2, 0) is 14.3 Å². The van der Waals surface area contributed by atoms with Gasteiger partial charge < -0.3 is 14.3 Å². The van der Waals surface area contributed by atoms with Crippen molar-refractivity contribution in [3.05, 3.63) is 48.6 Å². The molecule has 1 aliphatic heterocycles. The van der Waals surface area contributed by atoms with Gasteiger partial charge in [0.25, 0.3) is 0 Å². The van der Waals surface area contributed by atoms with Crippen LogP contribution in [0.15, 0.2) is 43.0 Å². The van der Waals surface area contributed by atoms with Crippen molar-refractivity contribution in [2.75, 3.05) is 6.61 Å². The van der Waals surface area contributed by atoms with E-state index in [1.54, 1.807) is 0 Å². The van der Waals surface area contributed by atoms with E-state index in [2.05, 4.69) is 18.7 Å². The van der Waals surface area contributed by atoms with E-state index in [4.69, 9.17) is 9.47 Å². The van der Waals surface area contributed by atoms with Gasteiger partial charge in [-0.15, -0.1) is 6.58 Å². The number of carbonyl (C=O) groups is 1. The van der Waals surface area contributed by atoms with E-state index in [0.29, 0.717) is 13.0 Å². The molecular weight excluding hydrogens is 312 g/mol. The number of hydrogen-bond donors (Lipinski definition) is 0. The number of benzene rings is 1. The summed E-state index contributed by atoms with van der Waals surface area (Å²) in [5.74, 6) is 0.0913. The second-order valence-electron chi connectivity index (χ2n) is 6.84. The van der Waals surface area contributed by atoms with E-state index < -0.39 is 0 Å². The molecule has 0 spiro atoms. The minimum atomic E-state index is -0.108. The van der Waals surface area contributed by atoms with E-state index >= 15 is 0 Å². The van der Waals surface area contributed by atoms with Crippen molar-refractivity contribution in [1.82, 2.24) is 0 Å². The first-order valence-electron chi connectivity index (χ1n) is 9.71. The van der Waals surface area contributed by atoms with Gasteiger partial charge in [-0.05, 0) is 31.2 Å². The molecule has 1 fully saturated rings. The van der Waals surface area contributed by atoms with Gasteiger partial charge >= 0.3 is 0 Å². The number of carbonyl (C=O) groups excluding carboxylic acids is 1. The van der Waals surface area contributed by atoms with Crippen LogP contribution in [0.2, 0.25) is 0 Å². The van der Waals surface area contributed by atoms with Crippen molar-refractivity contribution < 1.29 is 14.3 Å². The molecule has 0 aliphatic carbocycles. The summed E-state index contributed by atoms with van der Waals surface area (Å²) < 4.78 is 11.9. The SMILES string of the molecule is C=CCCCCCCCCC1OCC(C(CC=O)c2ccccc2)O1. The quantitative estimate of drug-likeness (QED) is 0.273. The lowest BCUT2D eigenvalue weighted by molar-refractivity contribution is -0.109. The number of aldehydes is 1. The Morgan fingerprint density at radius 3 is 2.52 bits per heavy atom. The topological polar surface area (TPSA) is 35.5 Å². The summed E-state index contributed by atoms with van der Waals surface area (Å²) >= 11 is 0. The molecule has 3 atom stereocenters. The normalized spacial score (nSPS) is 21.1. The van der Waals surface area contributed by atoms with Crippen molar-refractivity contribution in [3.8, 4) is 0 Å². The maximum absolute atomic E-state index is 11.1. The predicted molar refractivity (Wildman–Crippen MR) is 102 cm³/mol. The average molecular weight is 344 g/mol. The summed E-state index contributed by atoms with van der Waals surface area (Å²) in [5.41, 5.74) is 1.16. The van der Waals surface area contributed by atoms with E-state index in [-0.39, 0.29) is 18.3 Å². The number of unbranched alkanes of at least 4 members (excludes halogenated alkanes) is 6. The zero-order valence-corrected chi connectivity index (χ0v) is 15.3. The van der Waals surface area contributed by atoms with Gasteiger partial charge in [-0.2, -0.15) is 0 Å². The Balaban J connectivity index is 1.66. The van der Waals surface area contributed by atoms with Crippen molar-refractivity contribution in [2.24, 2.45) is 0 Å². The van der Waals surface area contributed by atoms with Crippen molar-refractivity contribution in [2.45, 2.75) is 76.1 Å². The number of allylic oxidation sites excluding steroid dienone is 1. The number of rotatable bonds is 13. The Morgan fingerprint density at radius 2 is 1.80 bits per heavy atom. The van der Waals surface area contributed by atoms with E-state index in [9.17, 15) is 4.79 Å². The molecule has 0 aromatic heterocycles. The van der Waals surface area contributed by atoms with Crippen LogP contribution in [-0.4, -0.2) is 25.3 Å². The second-order valence-corrected chi connectivity index (χ2v) is 6.84. The minimum Gasteiger partial charge on any atom is -0.350 e. The molecule has 1 saturated heterocycles. The fourth-order valence-electron chi connectivity index (χ4n) is 3.45. The van der Waals surface area contributed by atoms with Crippen LogP contribution in [0.4, 0.5) is 0 Å². The van der Waals surface area contributed by atoms with Crippen molar-refractivity contribution in [3.63, 3.8) is 0 Å². The smallest absolute Gasteiger partial charge is 0.158 e. The van der Waals surface area contributed by atoms with Gasteiger partial charge in [-0.1, -0.05) is 62.1 Å². The predicted octanol–water partition coefficient (Wildman–Crippen LogP) is 5.41. The highest BCUT2D eigenvalue weighted by molar-refractivity contribution is 5.52. The molecule has 2 rings (SSSR count). The molecule has 25 heavy (non-hydrogen) atoms. The Kier molecular flexibility index (Phi) is 9.53. The monoisotopic (exact) mass is 344 g/mol. The van der Waals surface area contributed by atoms with Crippen LogP contribution in [0.1, 0.15) is 69.3 Å². The third-order valence-corrected chi connectivity index (χ3v) is 4.90. The molecule has 0 saturated carbocycles. The largest absolute Gasteiger partial charge is 0.350 e. The molecule has 1 aromatic rings. The molecule has 1 heterocycles. The maximum Gasteiger partial charge on any atom is 0.158 e. The molecule has 3 heteroatoms. The van der Waals surface area contributed by atoms with E-state index in [0.717, 1.165) is 31.1 Å². The molecule has 3 nitrogen and oxygen atoms in total. The second kappa shape index (κ2) is 12.0. The first kappa shape index (κ1) is 19.9. The maximum atomic E-state index is 11.1. The van der Waals surface area contributed by atoms with Crippen molar-refractivity contribution >= 4 is 6.29 Å². The summed E-state index contributed by atoms with van der Waals surface area (Å²) in [6, 6.07) is 10.1. The van der Waals surface area contributed by atoms with Crippen LogP contribution in [0.5, 0.6) is 0 Å². The molecule has 0 N–H and O–H groups in total. The molecule has 3 unspecified atom stereocenters. The van der Waals surface area contributed by atoms with Crippen LogP contribution in [0.25, 0.3) is 0 Å². The summed E-state index contributed by atoms with van der Waals surface area (Å²) in [6.07, 6.45) is 13.0. The highest BCUT2D eigenvalue weighted by Crippen LogP contribution is 2.31. The lowest BCUT2D eigenvalue weighted by Gasteiger charge is -2.21. The third kappa shape index (κ3) is 7.13. The summed E-state index contributed by atoms with van der Waals surface area (Å²) in [4.78, 5) is 11.1. The van der Waals surface area contributed by atoms with Crippen LogP contribution < -0.4 is 0 Å². The highest BCUT2D eigenvalue weighted by Gasteiger charge is 2.32. The highest BCUT2D eigenvalue weighted by atomic mass is 16.7. The van der Waals surface area contributed by atoms with Crippen LogP contribution in [0.3, 0.4) is 0 Å². The Labute approximate surface area is 152 Å². The van der Waals surface area contributed by atoms with Gasteiger partial charge in [-0.3, -0.25) is 0 Å². The fraction of sp³-hybridized carbons (Fsp3) is 0.591. The third-order valence-electron chi connectivity index (χ3n) is 4.90. The molecule has 0 amide bonds. The lowest BCUT2D eigenvalue weighted by Crippen LogP contribution is -2.22. The molecule has 138 valence electrons. The summed E-state index contributed by atoms with van der Waals surface area (Å²) in [6.45, 7) is 4.34. The lowest BCUT2D eigenvalue weighted by atomic mass is 9.91. The Hall–Kier alpha value is -1.45. The van der Waals surface area contributed by atoms with Crippen molar-refractivity contribution in [1.29, 1.82) is 0 Å². The van der Waals surface area contributed by atoms with Gasteiger partial charge in [0.15, 0.2) is 6.29 Å². The number of ether oxygens (including phenoxy) is 2. The van der Waals surface area contributed by atoms with Gasteiger partial charge in [0, 0.05) is 12.3 Å². The van der Waals surface area contributed by atoms with E-state index in [1.165, 1.54) is 32.1 Å². The van der Waals surface area contributed by atoms with Crippen LogP contribution >= 0.6 is 0 Å². The number of hydrogen-bond acceptors (Lipinski definition) is 3. The zero-order valence-electron chi connectivity index (χ0n) is 15.3. The van der Waals surface area contributed by atoms with Gasteiger partial charge in [0.2, 0.25) is 0 Å². The molecule has 1 aliphatic rings. The summed E-state index contributed by atoms with van der Waals surface area (Å²) in [5, 5.41) is 0. The average Bonchev–Trinajstić information content (AvgIpc) is 3.11. The first-order valence-corrected chi connectivity index (χ1v) is 9.71. The molecular formula is C22H32O3. The Morgan fingerprint density at radius 1 is 1.08 bits per heavy atom. The van der Waals surface area contributed by atoms with Gasteiger partial charge in [0.05, 0.1) is 12.7 Å².